The summed E-state index contributed by atoms with van der Waals surface area (Å²) in [4.78, 5) is 21.1. The van der Waals surface area contributed by atoms with Gasteiger partial charge in [0, 0.05) is 12.8 Å². The van der Waals surface area contributed by atoms with Crippen molar-refractivity contribution in [3.8, 4) is 0 Å². The third-order valence-electron chi connectivity index (χ3n) is 2.21. The van der Waals surface area contributed by atoms with Crippen LogP contribution < -0.4 is 0 Å². The van der Waals surface area contributed by atoms with Gasteiger partial charge in [0.2, 0.25) is 0 Å². The van der Waals surface area contributed by atoms with Crippen molar-refractivity contribution in [1.82, 2.24) is 0 Å². The number of esters is 1. The Hall–Kier alpha value is -0.860. The molecule has 0 heterocycles. The number of hydrogen-bond donors (Lipinski definition) is 0. The Balaban J connectivity index is 3.15. The summed E-state index contributed by atoms with van der Waals surface area (Å²) >= 11 is 0. The molecule has 15 heavy (non-hydrogen) atoms. The third-order valence-corrected chi connectivity index (χ3v) is 2.21. The number of carbonyl (C=O) groups is 2. The lowest BCUT2D eigenvalue weighted by atomic mass is 10.2. The lowest BCUT2D eigenvalue weighted by molar-refractivity contribution is -0.144. The zero-order valence-corrected chi connectivity index (χ0v) is 9.67. The molecule has 0 aromatic heterocycles. The Morgan fingerprint density at radius 1 is 1.13 bits per heavy atom. The number of rotatable bonds is 10. The maximum absolute atomic E-state index is 11.1. The Morgan fingerprint density at radius 3 is 2.60 bits per heavy atom. The molecule has 0 rings (SSSR count). The highest BCUT2D eigenvalue weighted by molar-refractivity contribution is 5.69. The van der Waals surface area contributed by atoms with Crippen LogP contribution in [0.1, 0.15) is 58.3 Å². The first kappa shape index (κ1) is 14.1. The molecule has 0 aromatic carbocycles. The van der Waals surface area contributed by atoms with E-state index in [1.807, 2.05) is 0 Å². The molecule has 0 saturated heterocycles. The van der Waals surface area contributed by atoms with Crippen LogP contribution in [0.15, 0.2) is 0 Å². The van der Waals surface area contributed by atoms with Crippen molar-refractivity contribution >= 4 is 12.3 Å². The minimum absolute atomic E-state index is 0.127. The molecule has 0 aliphatic heterocycles. The highest BCUT2D eigenvalue weighted by atomic mass is 16.5. The van der Waals surface area contributed by atoms with Gasteiger partial charge in [0.1, 0.15) is 6.29 Å². The SMILES string of the molecule is CCCCCCOC(=O)CCCCC=O. The van der Waals surface area contributed by atoms with Crippen molar-refractivity contribution < 1.29 is 14.3 Å². The maximum Gasteiger partial charge on any atom is 0.305 e. The van der Waals surface area contributed by atoms with E-state index < -0.39 is 0 Å². The van der Waals surface area contributed by atoms with Gasteiger partial charge in [-0.05, 0) is 19.3 Å². The number of ether oxygens (including phenoxy) is 1. The van der Waals surface area contributed by atoms with Gasteiger partial charge in [-0.15, -0.1) is 0 Å². The van der Waals surface area contributed by atoms with E-state index in [9.17, 15) is 9.59 Å². The molecule has 0 N–H and O–H groups in total. The van der Waals surface area contributed by atoms with Crippen LogP contribution in [-0.4, -0.2) is 18.9 Å². The first-order valence-electron chi connectivity index (χ1n) is 5.90. The van der Waals surface area contributed by atoms with Crippen LogP contribution in [-0.2, 0) is 14.3 Å². The average molecular weight is 214 g/mol. The molecule has 0 unspecified atom stereocenters. The van der Waals surface area contributed by atoms with Crippen LogP contribution in [0.2, 0.25) is 0 Å². The van der Waals surface area contributed by atoms with E-state index >= 15 is 0 Å². The smallest absolute Gasteiger partial charge is 0.305 e. The molecule has 0 aromatic rings. The summed E-state index contributed by atoms with van der Waals surface area (Å²) in [6, 6.07) is 0. The second-order valence-electron chi connectivity index (χ2n) is 3.69. The molecule has 0 aliphatic carbocycles. The van der Waals surface area contributed by atoms with Crippen molar-refractivity contribution in [2.24, 2.45) is 0 Å². The predicted octanol–water partition coefficient (Wildman–Crippen LogP) is 2.87. The lowest BCUT2D eigenvalue weighted by Crippen LogP contribution is -2.05. The van der Waals surface area contributed by atoms with Gasteiger partial charge in [0.15, 0.2) is 0 Å². The fourth-order valence-electron chi connectivity index (χ4n) is 1.28. The first-order chi connectivity index (χ1) is 7.31. The van der Waals surface area contributed by atoms with E-state index in [4.69, 9.17) is 4.74 Å². The van der Waals surface area contributed by atoms with E-state index in [0.717, 1.165) is 32.0 Å². The van der Waals surface area contributed by atoms with E-state index in [1.165, 1.54) is 12.8 Å². The Labute approximate surface area is 92.2 Å². The summed E-state index contributed by atoms with van der Waals surface area (Å²) in [7, 11) is 0. The molecule has 0 spiro atoms. The number of carbonyl (C=O) groups excluding carboxylic acids is 2. The van der Waals surface area contributed by atoms with Crippen LogP contribution >= 0.6 is 0 Å². The molecule has 0 aliphatic rings. The minimum Gasteiger partial charge on any atom is -0.466 e. The second-order valence-corrected chi connectivity index (χ2v) is 3.69. The zero-order chi connectivity index (χ0) is 11.4. The minimum atomic E-state index is -0.127. The normalized spacial score (nSPS) is 9.93. The van der Waals surface area contributed by atoms with Crippen molar-refractivity contribution in [1.29, 1.82) is 0 Å². The highest BCUT2D eigenvalue weighted by Gasteiger charge is 2.01. The van der Waals surface area contributed by atoms with Gasteiger partial charge in [-0.3, -0.25) is 4.79 Å². The number of aldehydes is 1. The molecular formula is C12H22O3. The average Bonchev–Trinajstić information content (AvgIpc) is 2.24. The van der Waals surface area contributed by atoms with E-state index in [0.29, 0.717) is 19.4 Å². The van der Waals surface area contributed by atoms with Crippen molar-refractivity contribution in [2.75, 3.05) is 6.61 Å². The van der Waals surface area contributed by atoms with Gasteiger partial charge >= 0.3 is 5.97 Å². The molecule has 0 bridgehead atoms. The summed E-state index contributed by atoms with van der Waals surface area (Å²) in [5, 5.41) is 0. The van der Waals surface area contributed by atoms with Crippen LogP contribution in [0.4, 0.5) is 0 Å². The summed E-state index contributed by atoms with van der Waals surface area (Å²) in [5.41, 5.74) is 0. The second kappa shape index (κ2) is 11.2. The fraction of sp³-hybridized carbons (Fsp3) is 0.833. The third kappa shape index (κ3) is 11.1. The van der Waals surface area contributed by atoms with Crippen LogP contribution in [0.25, 0.3) is 0 Å². The molecular weight excluding hydrogens is 192 g/mol. The van der Waals surface area contributed by atoms with E-state index in [-0.39, 0.29) is 5.97 Å². The molecule has 0 radical (unpaired) electrons. The molecule has 0 saturated carbocycles. The summed E-state index contributed by atoms with van der Waals surface area (Å²) in [6.45, 7) is 2.70. The lowest BCUT2D eigenvalue weighted by Gasteiger charge is -2.03. The monoisotopic (exact) mass is 214 g/mol. The van der Waals surface area contributed by atoms with E-state index in [1.54, 1.807) is 0 Å². The van der Waals surface area contributed by atoms with Crippen LogP contribution in [0, 0.1) is 0 Å². The van der Waals surface area contributed by atoms with Gasteiger partial charge < -0.3 is 9.53 Å². The molecule has 0 fully saturated rings. The standard InChI is InChI=1S/C12H22O3/c1-2-3-4-8-11-15-12(14)9-6-5-7-10-13/h10H,2-9,11H2,1H3. The Bertz CT molecular complexity index is 166. The molecule has 3 heteroatoms. The fourth-order valence-corrected chi connectivity index (χ4v) is 1.28. The largest absolute Gasteiger partial charge is 0.466 e. The van der Waals surface area contributed by atoms with Crippen LogP contribution in [0.3, 0.4) is 0 Å². The Kier molecular flexibility index (Phi) is 10.6. The van der Waals surface area contributed by atoms with Crippen molar-refractivity contribution in [3.63, 3.8) is 0 Å². The Morgan fingerprint density at radius 2 is 1.93 bits per heavy atom. The quantitative estimate of drug-likeness (QED) is 0.319. The summed E-state index contributed by atoms with van der Waals surface area (Å²) in [6.07, 6.45) is 7.92. The van der Waals surface area contributed by atoms with Gasteiger partial charge in [-0.2, -0.15) is 0 Å². The molecule has 3 nitrogen and oxygen atoms in total. The maximum atomic E-state index is 11.1. The van der Waals surface area contributed by atoms with Crippen molar-refractivity contribution in [3.05, 3.63) is 0 Å². The highest BCUT2D eigenvalue weighted by Crippen LogP contribution is 2.02. The molecule has 88 valence electrons. The van der Waals surface area contributed by atoms with Gasteiger partial charge in [-0.25, -0.2) is 0 Å². The van der Waals surface area contributed by atoms with Gasteiger partial charge in [0.25, 0.3) is 0 Å². The van der Waals surface area contributed by atoms with E-state index in [2.05, 4.69) is 6.92 Å². The van der Waals surface area contributed by atoms with Crippen LogP contribution in [0.5, 0.6) is 0 Å². The topological polar surface area (TPSA) is 43.4 Å². The summed E-state index contributed by atoms with van der Waals surface area (Å²) in [5.74, 6) is -0.127. The van der Waals surface area contributed by atoms with Gasteiger partial charge in [-0.1, -0.05) is 26.2 Å². The molecule has 0 amide bonds. The molecule has 0 atom stereocenters. The zero-order valence-electron chi connectivity index (χ0n) is 9.67. The first-order valence-corrected chi connectivity index (χ1v) is 5.90. The number of unbranched alkanes of at least 4 members (excludes halogenated alkanes) is 5. The predicted molar refractivity (Wildman–Crippen MR) is 59.6 cm³/mol. The van der Waals surface area contributed by atoms with Crippen molar-refractivity contribution in [2.45, 2.75) is 58.3 Å². The summed E-state index contributed by atoms with van der Waals surface area (Å²) < 4.78 is 5.04. The van der Waals surface area contributed by atoms with Gasteiger partial charge in [0.05, 0.1) is 6.61 Å². The number of hydrogen-bond acceptors (Lipinski definition) is 3.